The van der Waals surface area contributed by atoms with Crippen molar-refractivity contribution in [3.8, 4) is 0 Å². The van der Waals surface area contributed by atoms with Crippen LogP contribution in [-0.2, 0) is 14.3 Å². The molecule has 1 N–H and O–H groups in total. The van der Waals surface area contributed by atoms with Gasteiger partial charge >= 0.3 is 5.97 Å². The topological polar surface area (TPSA) is 116 Å². The highest BCUT2D eigenvalue weighted by Crippen LogP contribution is 2.28. The van der Waals surface area contributed by atoms with Gasteiger partial charge in [-0.2, -0.15) is 0 Å². The lowest BCUT2D eigenvalue weighted by atomic mass is 9.86. The van der Waals surface area contributed by atoms with Crippen LogP contribution >= 0.6 is 0 Å². The number of hydrogen-bond acceptors (Lipinski definition) is 5. The quantitative estimate of drug-likeness (QED) is 0.358. The van der Waals surface area contributed by atoms with Crippen LogP contribution in [0.3, 0.4) is 0 Å². The number of azide groups is 1. The third-order valence-electron chi connectivity index (χ3n) is 3.26. The number of amides is 1. The van der Waals surface area contributed by atoms with Gasteiger partial charge in [0.2, 0.25) is 5.91 Å². The van der Waals surface area contributed by atoms with Crippen LogP contribution in [-0.4, -0.2) is 53.7 Å². The van der Waals surface area contributed by atoms with Crippen molar-refractivity contribution >= 4 is 11.9 Å². The molecule has 0 aromatic carbocycles. The fraction of sp³-hybridized carbons (Fsp3) is 0.833. The summed E-state index contributed by atoms with van der Waals surface area (Å²) in [6, 6.07) is -1.77. The minimum Gasteiger partial charge on any atom is -0.467 e. The van der Waals surface area contributed by atoms with Crippen LogP contribution in [0.25, 0.3) is 10.4 Å². The first-order valence-electron chi connectivity index (χ1n) is 6.33. The fourth-order valence-electron chi connectivity index (χ4n) is 2.22. The first-order valence-corrected chi connectivity index (χ1v) is 6.33. The van der Waals surface area contributed by atoms with Gasteiger partial charge < -0.3 is 14.7 Å². The van der Waals surface area contributed by atoms with Crippen molar-refractivity contribution in [2.75, 3.05) is 13.7 Å². The zero-order valence-corrected chi connectivity index (χ0v) is 12.1. The lowest BCUT2D eigenvalue weighted by molar-refractivity contribution is -0.152. The minimum absolute atomic E-state index is 0.0339. The number of rotatable bonds is 3. The second kappa shape index (κ2) is 6.11. The Bertz CT molecular complexity index is 439. The van der Waals surface area contributed by atoms with E-state index < -0.39 is 35.5 Å². The molecule has 1 amide bonds. The number of aliphatic hydroxyl groups excluding tert-OH is 1. The van der Waals surface area contributed by atoms with E-state index >= 15 is 0 Å². The van der Waals surface area contributed by atoms with Crippen molar-refractivity contribution < 1.29 is 19.4 Å². The molecule has 0 bridgehead atoms. The molecule has 0 radical (unpaired) electrons. The zero-order chi connectivity index (χ0) is 15.5. The van der Waals surface area contributed by atoms with Gasteiger partial charge in [0.15, 0.2) is 0 Å². The summed E-state index contributed by atoms with van der Waals surface area (Å²) >= 11 is 0. The Kier molecular flexibility index (Phi) is 4.97. The number of carbonyl (C=O) groups is 2. The van der Waals surface area contributed by atoms with Gasteiger partial charge in [0.1, 0.15) is 12.1 Å². The average Bonchev–Trinajstić information content (AvgIpc) is 2.75. The van der Waals surface area contributed by atoms with Crippen molar-refractivity contribution in [2.45, 2.75) is 45.4 Å². The maximum Gasteiger partial charge on any atom is 0.328 e. The lowest BCUT2D eigenvalue weighted by Gasteiger charge is -2.31. The third kappa shape index (κ3) is 3.40. The fourth-order valence-corrected chi connectivity index (χ4v) is 2.22. The van der Waals surface area contributed by atoms with Crippen molar-refractivity contribution in [1.82, 2.24) is 4.90 Å². The van der Waals surface area contributed by atoms with Crippen molar-refractivity contribution in [3.63, 3.8) is 0 Å². The Labute approximate surface area is 117 Å². The summed E-state index contributed by atoms with van der Waals surface area (Å²) in [4.78, 5) is 28.1. The van der Waals surface area contributed by atoms with E-state index in [0.29, 0.717) is 0 Å². The Balaban J connectivity index is 3.03. The number of β-amino-alcohol motifs (C(OH)–C–C–N with tert-alkyl or cyclic N) is 1. The first-order chi connectivity index (χ1) is 9.22. The Morgan fingerprint density at radius 1 is 1.50 bits per heavy atom. The van der Waals surface area contributed by atoms with Crippen LogP contribution in [0.1, 0.15) is 27.2 Å². The minimum atomic E-state index is -0.940. The number of likely N-dealkylation sites (tertiary alicyclic amines) is 1. The van der Waals surface area contributed by atoms with Gasteiger partial charge in [-0.25, -0.2) is 4.79 Å². The molecule has 20 heavy (non-hydrogen) atoms. The van der Waals surface area contributed by atoms with Crippen LogP contribution in [0.2, 0.25) is 0 Å². The molecule has 0 spiro atoms. The zero-order valence-electron chi connectivity index (χ0n) is 12.1. The number of aliphatic hydroxyl groups is 1. The van der Waals surface area contributed by atoms with Gasteiger partial charge in [0.25, 0.3) is 0 Å². The SMILES string of the molecule is COC(=O)[C@@H]1C[C@@H](O)CN1C(=O)[C@@H](N=[N+]=[N-])C(C)(C)C. The molecule has 8 heteroatoms. The highest BCUT2D eigenvalue weighted by Gasteiger charge is 2.44. The number of carbonyl (C=O) groups excluding carboxylic acids is 2. The summed E-state index contributed by atoms with van der Waals surface area (Å²) < 4.78 is 4.64. The lowest BCUT2D eigenvalue weighted by Crippen LogP contribution is -2.49. The van der Waals surface area contributed by atoms with Gasteiger partial charge in [-0.1, -0.05) is 25.9 Å². The maximum absolute atomic E-state index is 12.5. The van der Waals surface area contributed by atoms with Crippen LogP contribution in [0, 0.1) is 5.41 Å². The number of esters is 1. The molecule has 0 aromatic rings. The van der Waals surface area contributed by atoms with E-state index in [2.05, 4.69) is 14.8 Å². The molecule has 1 saturated heterocycles. The standard InChI is InChI=1S/C12H20N4O4/c1-12(2,3)9(14-15-13)10(18)16-6-7(17)5-8(16)11(19)20-4/h7-9,17H,5-6H2,1-4H3/t7-,8+,9-/m1/s1. The molecule has 1 aliphatic heterocycles. The molecular formula is C12H20N4O4. The third-order valence-corrected chi connectivity index (χ3v) is 3.26. The summed E-state index contributed by atoms with van der Waals surface area (Å²) in [5.41, 5.74) is 8.03. The second-order valence-electron chi connectivity index (χ2n) is 5.89. The number of ether oxygens (including phenoxy) is 1. The Hall–Kier alpha value is -1.79. The highest BCUT2D eigenvalue weighted by atomic mass is 16.5. The molecule has 3 atom stereocenters. The van der Waals surface area contributed by atoms with Gasteiger partial charge in [-0.15, -0.1) is 0 Å². The van der Waals surface area contributed by atoms with Crippen molar-refractivity contribution in [1.29, 1.82) is 0 Å². The number of nitrogens with zero attached hydrogens (tertiary/aromatic N) is 4. The van der Waals surface area contributed by atoms with E-state index in [1.165, 1.54) is 12.0 Å². The predicted octanol–water partition coefficient (Wildman–Crippen LogP) is 0.846. The second-order valence-corrected chi connectivity index (χ2v) is 5.89. The van der Waals surface area contributed by atoms with E-state index in [-0.39, 0.29) is 13.0 Å². The van der Waals surface area contributed by atoms with Crippen LogP contribution in [0.5, 0.6) is 0 Å². The largest absolute Gasteiger partial charge is 0.467 e. The van der Waals surface area contributed by atoms with Gasteiger partial charge in [-0.05, 0) is 10.9 Å². The number of methoxy groups -OCH3 is 1. The molecule has 0 unspecified atom stereocenters. The van der Waals surface area contributed by atoms with Crippen molar-refractivity contribution in [3.05, 3.63) is 10.4 Å². The summed E-state index contributed by atoms with van der Waals surface area (Å²) in [7, 11) is 1.23. The van der Waals surface area contributed by atoms with Gasteiger partial charge in [0.05, 0.1) is 13.2 Å². The van der Waals surface area contributed by atoms with E-state index in [1.807, 2.05) is 0 Å². The predicted molar refractivity (Wildman–Crippen MR) is 70.5 cm³/mol. The summed E-state index contributed by atoms with van der Waals surface area (Å²) in [6.45, 7) is 5.34. The summed E-state index contributed by atoms with van der Waals surface area (Å²) in [6.07, 6.45) is -0.652. The molecule has 0 saturated carbocycles. The smallest absolute Gasteiger partial charge is 0.328 e. The molecule has 1 fully saturated rings. The van der Waals surface area contributed by atoms with Gasteiger partial charge in [0, 0.05) is 17.9 Å². The summed E-state index contributed by atoms with van der Waals surface area (Å²) in [5, 5.41) is 13.2. The Morgan fingerprint density at radius 2 is 2.10 bits per heavy atom. The molecule has 0 aliphatic carbocycles. The molecular weight excluding hydrogens is 264 g/mol. The van der Waals surface area contributed by atoms with Gasteiger partial charge in [-0.3, -0.25) is 4.79 Å². The van der Waals surface area contributed by atoms with E-state index in [4.69, 9.17) is 5.53 Å². The van der Waals surface area contributed by atoms with E-state index in [1.54, 1.807) is 20.8 Å². The molecule has 0 aromatic heterocycles. The molecule has 1 rings (SSSR count). The van der Waals surface area contributed by atoms with Crippen LogP contribution < -0.4 is 0 Å². The van der Waals surface area contributed by atoms with Crippen molar-refractivity contribution in [2.24, 2.45) is 10.5 Å². The van der Waals surface area contributed by atoms with E-state index in [0.717, 1.165) is 0 Å². The maximum atomic E-state index is 12.5. The molecule has 8 nitrogen and oxygen atoms in total. The van der Waals surface area contributed by atoms with Crippen LogP contribution in [0.15, 0.2) is 5.11 Å². The monoisotopic (exact) mass is 284 g/mol. The Morgan fingerprint density at radius 3 is 2.55 bits per heavy atom. The molecule has 1 heterocycles. The van der Waals surface area contributed by atoms with E-state index in [9.17, 15) is 14.7 Å². The average molecular weight is 284 g/mol. The highest BCUT2D eigenvalue weighted by molar-refractivity contribution is 5.89. The normalized spacial score (nSPS) is 23.9. The summed E-state index contributed by atoms with van der Waals surface area (Å²) in [5.74, 6) is -1.05. The molecule has 1 aliphatic rings. The first kappa shape index (κ1) is 16.3. The number of hydrogen-bond donors (Lipinski definition) is 1. The molecule has 112 valence electrons. The van der Waals surface area contributed by atoms with Crippen LogP contribution in [0.4, 0.5) is 0 Å².